The number of nitriles is 1. The summed E-state index contributed by atoms with van der Waals surface area (Å²) >= 11 is 5.99. The van der Waals surface area contributed by atoms with Crippen LogP contribution in [0.15, 0.2) is 60.3 Å². The van der Waals surface area contributed by atoms with E-state index in [1.807, 2.05) is 12.1 Å². The Hall–Kier alpha value is -3.01. The zero-order chi connectivity index (χ0) is 21.3. The summed E-state index contributed by atoms with van der Waals surface area (Å²) in [7, 11) is 1.51. The van der Waals surface area contributed by atoms with Crippen molar-refractivity contribution < 1.29 is 9.53 Å². The standard InChI is InChI=1S/C23H25ClN4O2/c1-30-22-8-7-19(24)13-21(22)27-23(29)18(14-25)15-26-20-9-11-28(12-10-20)16-17-5-3-2-4-6-17/h2-8,13,15,20,26H,9-12,16H2,1H3,(H,27,29)/b18-15-. The molecule has 156 valence electrons. The Morgan fingerprint density at radius 3 is 2.67 bits per heavy atom. The van der Waals surface area contributed by atoms with Gasteiger partial charge in [-0.15, -0.1) is 0 Å². The van der Waals surface area contributed by atoms with Gasteiger partial charge in [-0.3, -0.25) is 9.69 Å². The zero-order valence-electron chi connectivity index (χ0n) is 16.9. The van der Waals surface area contributed by atoms with Crippen molar-refractivity contribution in [1.82, 2.24) is 10.2 Å². The van der Waals surface area contributed by atoms with E-state index in [4.69, 9.17) is 16.3 Å². The van der Waals surface area contributed by atoms with Crippen molar-refractivity contribution in [2.24, 2.45) is 0 Å². The van der Waals surface area contributed by atoms with Crippen LogP contribution in [0.1, 0.15) is 18.4 Å². The molecule has 0 atom stereocenters. The Morgan fingerprint density at radius 1 is 1.27 bits per heavy atom. The summed E-state index contributed by atoms with van der Waals surface area (Å²) in [5.74, 6) is -0.0316. The number of hydrogen-bond donors (Lipinski definition) is 2. The van der Waals surface area contributed by atoms with E-state index < -0.39 is 5.91 Å². The van der Waals surface area contributed by atoms with Crippen LogP contribution in [0, 0.1) is 11.3 Å². The Labute approximate surface area is 182 Å². The number of ether oxygens (including phenoxy) is 1. The van der Waals surface area contributed by atoms with Gasteiger partial charge in [0.25, 0.3) is 5.91 Å². The molecule has 7 heteroatoms. The number of carbonyl (C=O) groups is 1. The number of likely N-dealkylation sites (tertiary alicyclic amines) is 1. The van der Waals surface area contributed by atoms with Crippen molar-refractivity contribution in [2.75, 3.05) is 25.5 Å². The van der Waals surface area contributed by atoms with Gasteiger partial charge in [-0.25, -0.2) is 0 Å². The van der Waals surface area contributed by atoms with E-state index in [1.54, 1.807) is 18.2 Å². The molecule has 2 aromatic carbocycles. The molecule has 30 heavy (non-hydrogen) atoms. The number of rotatable bonds is 7. The fourth-order valence-electron chi connectivity index (χ4n) is 3.42. The molecule has 0 unspecified atom stereocenters. The van der Waals surface area contributed by atoms with Gasteiger partial charge in [0.15, 0.2) is 0 Å². The summed E-state index contributed by atoms with van der Waals surface area (Å²) in [6, 6.07) is 17.5. The lowest BCUT2D eigenvalue weighted by Crippen LogP contribution is -2.40. The Kier molecular flexibility index (Phi) is 7.72. The third-order valence-electron chi connectivity index (χ3n) is 5.07. The highest BCUT2D eigenvalue weighted by atomic mass is 35.5. The molecule has 0 radical (unpaired) electrons. The maximum absolute atomic E-state index is 12.5. The van der Waals surface area contributed by atoms with Gasteiger partial charge in [-0.05, 0) is 36.6 Å². The van der Waals surface area contributed by atoms with E-state index in [0.717, 1.165) is 32.5 Å². The number of benzene rings is 2. The normalized spacial score (nSPS) is 15.3. The van der Waals surface area contributed by atoms with Crippen LogP contribution < -0.4 is 15.4 Å². The van der Waals surface area contributed by atoms with E-state index in [2.05, 4.69) is 39.8 Å². The average molecular weight is 425 g/mol. The highest BCUT2D eigenvalue weighted by Crippen LogP contribution is 2.28. The molecule has 0 saturated carbocycles. The summed E-state index contributed by atoms with van der Waals surface area (Å²) in [5.41, 5.74) is 1.73. The number of nitrogens with one attached hydrogen (secondary N) is 2. The minimum absolute atomic E-state index is 0.00347. The third-order valence-corrected chi connectivity index (χ3v) is 5.31. The highest BCUT2D eigenvalue weighted by molar-refractivity contribution is 6.31. The van der Waals surface area contributed by atoms with Crippen LogP contribution in [0.4, 0.5) is 5.69 Å². The van der Waals surface area contributed by atoms with Crippen LogP contribution in [0.5, 0.6) is 5.75 Å². The van der Waals surface area contributed by atoms with E-state index in [1.165, 1.54) is 18.9 Å². The number of methoxy groups -OCH3 is 1. The SMILES string of the molecule is COc1ccc(Cl)cc1NC(=O)/C(C#N)=C\NC1CCN(Cc2ccccc2)CC1. The van der Waals surface area contributed by atoms with Gasteiger partial charge in [-0.2, -0.15) is 5.26 Å². The van der Waals surface area contributed by atoms with Gasteiger partial charge >= 0.3 is 0 Å². The van der Waals surface area contributed by atoms with Crippen molar-refractivity contribution in [3.8, 4) is 11.8 Å². The van der Waals surface area contributed by atoms with Gasteiger partial charge in [0.05, 0.1) is 12.8 Å². The van der Waals surface area contributed by atoms with Crippen molar-refractivity contribution in [3.05, 3.63) is 70.9 Å². The molecular weight excluding hydrogens is 400 g/mol. The number of anilines is 1. The first-order chi connectivity index (χ1) is 14.6. The molecule has 2 N–H and O–H groups in total. The van der Waals surface area contributed by atoms with Crippen molar-refractivity contribution in [1.29, 1.82) is 5.26 Å². The lowest BCUT2D eigenvalue weighted by atomic mass is 10.0. The lowest BCUT2D eigenvalue weighted by molar-refractivity contribution is -0.112. The second kappa shape index (κ2) is 10.7. The molecule has 0 bridgehead atoms. The van der Waals surface area contributed by atoms with Gasteiger partial charge < -0.3 is 15.4 Å². The first kappa shape index (κ1) is 21.7. The molecule has 1 fully saturated rings. The van der Waals surface area contributed by atoms with Crippen LogP contribution in [0.3, 0.4) is 0 Å². The maximum atomic E-state index is 12.5. The van der Waals surface area contributed by atoms with Crippen LogP contribution in [0.25, 0.3) is 0 Å². The number of halogens is 1. The van der Waals surface area contributed by atoms with Crippen LogP contribution in [-0.2, 0) is 11.3 Å². The number of amides is 1. The predicted octanol–water partition coefficient (Wildman–Crippen LogP) is 3.95. The molecule has 1 amide bonds. The number of carbonyl (C=O) groups excluding carboxylic acids is 1. The number of hydrogen-bond acceptors (Lipinski definition) is 5. The van der Waals surface area contributed by atoms with Crippen LogP contribution in [0.2, 0.25) is 5.02 Å². The van der Waals surface area contributed by atoms with Gasteiger partial charge in [0, 0.05) is 36.9 Å². The Morgan fingerprint density at radius 2 is 2.00 bits per heavy atom. The highest BCUT2D eigenvalue weighted by Gasteiger charge is 2.19. The predicted molar refractivity (Wildman–Crippen MR) is 118 cm³/mol. The minimum Gasteiger partial charge on any atom is -0.495 e. The molecule has 1 saturated heterocycles. The first-order valence-corrected chi connectivity index (χ1v) is 10.2. The third kappa shape index (κ3) is 5.99. The largest absolute Gasteiger partial charge is 0.495 e. The first-order valence-electron chi connectivity index (χ1n) is 9.86. The van der Waals surface area contributed by atoms with Crippen molar-refractivity contribution in [2.45, 2.75) is 25.4 Å². The molecular formula is C23H25ClN4O2. The summed E-state index contributed by atoms with van der Waals surface area (Å²) in [6.07, 6.45) is 3.40. The molecule has 0 aliphatic carbocycles. The van der Waals surface area contributed by atoms with Gasteiger partial charge in [0.1, 0.15) is 17.4 Å². The topological polar surface area (TPSA) is 77.4 Å². The van der Waals surface area contributed by atoms with Gasteiger partial charge in [0.2, 0.25) is 0 Å². The van der Waals surface area contributed by atoms with Gasteiger partial charge in [-0.1, -0.05) is 41.9 Å². The van der Waals surface area contributed by atoms with E-state index in [0.29, 0.717) is 16.5 Å². The molecule has 2 aromatic rings. The molecule has 1 heterocycles. The second-order valence-corrected chi connectivity index (χ2v) is 7.61. The second-order valence-electron chi connectivity index (χ2n) is 7.17. The fourth-order valence-corrected chi connectivity index (χ4v) is 3.59. The molecule has 1 aliphatic rings. The lowest BCUT2D eigenvalue weighted by Gasteiger charge is -2.32. The van der Waals surface area contributed by atoms with Crippen LogP contribution >= 0.6 is 11.6 Å². The molecule has 6 nitrogen and oxygen atoms in total. The molecule has 1 aliphatic heterocycles. The summed E-state index contributed by atoms with van der Waals surface area (Å²) in [6.45, 7) is 2.87. The van der Waals surface area contributed by atoms with Crippen molar-refractivity contribution in [3.63, 3.8) is 0 Å². The smallest absolute Gasteiger partial charge is 0.267 e. The Balaban J connectivity index is 1.53. The summed E-state index contributed by atoms with van der Waals surface area (Å²) < 4.78 is 5.23. The number of nitrogens with zero attached hydrogens (tertiary/aromatic N) is 2. The molecule has 3 rings (SSSR count). The summed E-state index contributed by atoms with van der Waals surface area (Å²) in [4.78, 5) is 14.9. The minimum atomic E-state index is -0.507. The van der Waals surface area contributed by atoms with Crippen LogP contribution in [-0.4, -0.2) is 37.0 Å². The number of piperidine rings is 1. The monoisotopic (exact) mass is 424 g/mol. The quantitative estimate of drug-likeness (QED) is 0.519. The van der Waals surface area contributed by atoms with Crippen molar-refractivity contribution >= 4 is 23.2 Å². The zero-order valence-corrected chi connectivity index (χ0v) is 17.7. The molecule has 0 spiro atoms. The van der Waals surface area contributed by atoms with E-state index >= 15 is 0 Å². The fraction of sp³-hybridized carbons (Fsp3) is 0.304. The van der Waals surface area contributed by atoms with E-state index in [9.17, 15) is 10.1 Å². The maximum Gasteiger partial charge on any atom is 0.267 e. The summed E-state index contributed by atoms with van der Waals surface area (Å²) in [5, 5.41) is 15.8. The van der Waals surface area contributed by atoms with E-state index in [-0.39, 0.29) is 11.6 Å². The average Bonchev–Trinajstić information content (AvgIpc) is 2.76. The molecule has 0 aromatic heterocycles. The Bertz CT molecular complexity index is 932.